The normalized spacial score (nSPS) is 11.4. The molecule has 0 saturated carbocycles. The lowest BCUT2D eigenvalue weighted by molar-refractivity contribution is 0.0497. The minimum absolute atomic E-state index is 0.00644. The lowest BCUT2D eigenvalue weighted by Crippen LogP contribution is -2.08. The molecule has 21 heavy (non-hydrogen) atoms. The summed E-state index contributed by atoms with van der Waals surface area (Å²) in [4.78, 5) is 11.7. The van der Waals surface area contributed by atoms with Gasteiger partial charge in [0.15, 0.2) is 0 Å². The molecule has 0 aliphatic heterocycles. The quantitative estimate of drug-likeness (QED) is 0.395. The Morgan fingerprint density at radius 2 is 1.86 bits per heavy atom. The van der Waals surface area contributed by atoms with Crippen molar-refractivity contribution >= 4 is 37.3 Å². The summed E-state index contributed by atoms with van der Waals surface area (Å²) in [6, 6.07) is 3.69. The second-order valence-corrected chi connectivity index (χ2v) is 7.60. The van der Waals surface area contributed by atoms with Crippen LogP contribution in [0.4, 0.5) is 0 Å². The van der Waals surface area contributed by atoms with Crippen molar-refractivity contribution in [3.05, 3.63) is 28.8 Å². The molecule has 1 aromatic rings. The van der Waals surface area contributed by atoms with E-state index >= 15 is 0 Å². The fraction of sp³-hybridized carbons (Fsp3) is 0.500. The zero-order valence-corrected chi connectivity index (χ0v) is 14.1. The number of carbonyl (C=O) groups excluding carboxylic acids is 1. The summed E-state index contributed by atoms with van der Waals surface area (Å²) < 4.78 is 27.6. The standard InChI is InChI=1S/C14H18Cl2O4S/c1-2-3-4-5-6-9-20-14(17)12-10-11(21(16,18)19)7-8-13(12)15/h7-8,10H,2-6,9H2,1H3. The van der Waals surface area contributed by atoms with Crippen LogP contribution in [0.1, 0.15) is 49.4 Å². The molecule has 7 heteroatoms. The first kappa shape index (κ1) is 18.3. The van der Waals surface area contributed by atoms with E-state index in [0.29, 0.717) is 0 Å². The predicted octanol–water partition coefficient (Wildman–Crippen LogP) is 4.39. The summed E-state index contributed by atoms with van der Waals surface area (Å²) in [5.74, 6) is -0.641. The molecule has 0 amide bonds. The molecule has 0 fully saturated rings. The Kier molecular flexibility index (Phi) is 7.49. The van der Waals surface area contributed by atoms with Gasteiger partial charge in [0, 0.05) is 10.7 Å². The third kappa shape index (κ3) is 6.24. The van der Waals surface area contributed by atoms with E-state index in [1.807, 2.05) is 0 Å². The molecule has 0 atom stereocenters. The molecule has 0 aliphatic rings. The maximum Gasteiger partial charge on any atom is 0.339 e. The van der Waals surface area contributed by atoms with Gasteiger partial charge in [0.2, 0.25) is 0 Å². The van der Waals surface area contributed by atoms with Crippen molar-refractivity contribution in [1.82, 2.24) is 0 Å². The van der Waals surface area contributed by atoms with Crippen LogP contribution in [0.15, 0.2) is 23.1 Å². The minimum atomic E-state index is -3.91. The van der Waals surface area contributed by atoms with E-state index in [9.17, 15) is 13.2 Å². The number of unbranched alkanes of at least 4 members (excludes halogenated alkanes) is 4. The van der Waals surface area contributed by atoms with Crippen LogP contribution in [0.2, 0.25) is 5.02 Å². The number of ether oxygens (including phenoxy) is 1. The molecule has 4 nitrogen and oxygen atoms in total. The summed E-state index contributed by atoms with van der Waals surface area (Å²) in [6.07, 6.45) is 5.18. The largest absolute Gasteiger partial charge is 0.462 e. The van der Waals surface area contributed by atoms with E-state index in [1.165, 1.54) is 12.1 Å². The minimum Gasteiger partial charge on any atom is -0.462 e. The third-order valence-corrected chi connectivity index (χ3v) is 4.60. The molecule has 118 valence electrons. The maximum atomic E-state index is 11.9. The first-order valence-corrected chi connectivity index (χ1v) is 9.46. The number of halogens is 2. The highest BCUT2D eigenvalue weighted by Gasteiger charge is 2.17. The smallest absolute Gasteiger partial charge is 0.339 e. The van der Waals surface area contributed by atoms with E-state index < -0.39 is 15.0 Å². The molecule has 0 spiro atoms. The van der Waals surface area contributed by atoms with Crippen molar-refractivity contribution in [3.8, 4) is 0 Å². The fourth-order valence-corrected chi connectivity index (χ4v) is 2.73. The lowest BCUT2D eigenvalue weighted by Gasteiger charge is -2.07. The first-order chi connectivity index (χ1) is 9.86. The van der Waals surface area contributed by atoms with Crippen LogP contribution >= 0.6 is 22.3 Å². The Morgan fingerprint density at radius 1 is 1.19 bits per heavy atom. The summed E-state index contributed by atoms with van der Waals surface area (Å²) in [6.45, 7) is 2.41. The van der Waals surface area contributed by atoms with Crippen molar-refractivity contribution in [2.45, 2.75) is 43.9 Å². The molecule has 1 aromatic carbocycles. The highest BCUT2D eigenvalue weighted by Crippen LogP contribution is 2.23. The molecule has 0 heterocycles. The average Bonchev–Trinajstić information content (AvgIpc) is 2.41. The van der Waals surface area contributed by atoms with Gasteiger partial charge in [-0.2, -0.15) is 0 Å². The molecule has 0 N–H and O–H groups in total. The van der Waals surface area contributed by atoms with Gasteiger partial charge in [0.1, 0.15) is 0 Å². The van der Waals surface area contributed by atoms with Crippen LogP contribution in [0, 0.1) is 0 Å². The number of hydrogen-bond acceptors (Lipinski definition) is 4. The van der Waals surface area contributed by atoms with Crippen molar-refractivity contribution < 1.29 is 17.9 Å². The fourth-order valence-electron chi connectivity index (χ4n) is 1.76. The molecule has 0 saturated heterocycles. The van der Waals surface area contributed by atoms with E-state index in [1.54, 1.807) is 0 Å². The number of rotatable bonds is 8. The van der Waals surface area contributed by atoms with Crippen LogP contribution < -0.4 is 0 Å². The summed E-state index contributed by atoms with van der Waals surface area (Å²) in [7, 11) is 1.33. The zero-order chi connectivity index (χ0) is 15.9. The highest BCUT2D eigenvalue weighted by atomic mass is 35.7. The number of carbonyl (C=O) groups is 1. The predicted molar refractivity (Wildman–Crippen MR) is 83.5 cm³/mol. The summed E-state index contributed by atoms with van der Waals surface area (Å²) in [5, 5.41) is 0.134. The maximum absolute atomic E-state index is 11.9. The Hall–Kier alpha value is -0.780. The average molecular weight is 353 g/mol. The van der Waals surface area contributed by atoms with Crippen LogP contribution in [0.5, 0.6) is 0 Å². The van der Waals surface area contributed by atoms with Gasteiger partial charge < -0.3 is 4.74 Å². The summed E-state index contributed by atoms with van der Waals surface area (Å²) in [5.41, 5.74) is 0.00644. The van der Waals surface area contributed by atoms with Crippen molar-refractivity contribution in [2.24, 2.45) is 0 Å². The number of benzene rings is 1. The molecule has 0 aromatic heterocycles. The molecule has 1 rings (SSSR count). The Bertz CT molecular complexity index is 585. The number of hydrogen-bond donors (Lipinski definition) is 0. The van der Waals surface area contributed by atoms with Gasteiger partial charge in [-0.25, -0.2) is 13.2 Å². The molecule has 0 bridgehead atoms. The van der Waals surface area contributed by atoms with Gasteiger partial charge in [-0.3, -0.25) is 0 Å². The SMILES string of the molecule is CCCCCCCOC(=O)c1cc(S(=O)(=O)Cl)ccc1Cl. The van der Waals surface area contributed by atoms with E-state index in [2.05, 4.69) is 6.92 Å². The van der Waals surface area contributed by atoms with Gasteiger partial charge in [-0.15, -0.1) is 0 Å². The Balaban J connectivity index is 2.62. The van der Waals surface area contributed by atoms with Crippen molar-refractivity contribution in [1.29, 1.82) is 0 Å². The molecule has 0 radical (unpaired) electrons. The number of esters is 1. The van der Waals surface area contributed by atoms with Crippen LogP contribution in [-0.2, 0) is 13.8 Å². The molecular formula is C14H18Cl2O4S. The zero-order valence-electron chi connectivity index (χ0n) is 11.8. The lowest BCUT2D eigenvalue weighted by atomic mass is 10.2. The van der Waals surface area contributed by atoms with Crippen LogP contribution in [0.3, 0.4) is 0 Å². The Morgan fingerprint density at radius 3 is 2.48 bits per heavy atom. The van der Waals surface area contributed by atoms with Gasteiger partial charge >= 0.3 is 5.97 Å². The molecule has 0 aliphatic carbocycles. The van der Waals surface area contributed by atoms with Gasteiger partial charge in [-0.1, -0.05) is 44.2 Å². The monoisotopic (exact) mass is 352 g/mol. The second kappa shape index (κ2) is 8.61. The van der Waals surface area contributed by atoms with Gasteiger partial charge in [0.25, 0.3) is 9.05 Å². The van der Waals surface area contributed by atoms with Crippen molar-refractivity contribution in [2.75, 3.05) is 6.61 Å². The van der Waals surface area contributed by atoms with Crippen LogP contribution in [0.25, 0.3) is 0 Å². The Labute approximate surface area is 134 Å². The van der Waals surface area contributed by atoms with E-state index in [0.717, 1.165) is 38.2 Å². The molecular weight excluding hydrogens is 335 g/mol. The van der Waals surface area contributed by atoms with Gasteiger partial charge in [-0.05, 0) is 24.6 Å². The second-order valence-electron chi connectivity index (χ2n) is 4.63. The van der Waals surface area contributed by atoms with E-state index in [-0.39, 0.29) is 22.1 Å². The third-order valence-electron chi connectivity index (χ3n) is 2.92. The van der Waals surface area contributed by atoms with Crippen molar-refractivity contribution in [3.63, 3.8) is 0 Å². The molecule has 0 unspecified atom stereocenters. The van der Waals surface area contributed by atoms with Crippen LogP contribution in [-0.4, -0.2) is 21.0 Å². The highest BCUT2D eigenvalue weighted by molar-refractivity contribution is 8.13. The first-order valence-electron chi connectivity index (χ1n) is 6.77. The summed E-state index contributed by atoms with van der Waals surface area (Å²) >= 11 is 5.88. The topological polar surface area (TPSA) is 60.4 Å². The van der Waals surface area contributed by atoms with Gasteiger partial charge in [0.05, 0.1) is 22.1 Å². The van der Waals surface area contributed by atoms with E-state index in [4.69, 9.17) is 27.0 Å².